The molecule has 5 heteroatoms. The van der Waals surface area contributed by atoms with Gasteiger partial charge in [0.2, 0.25) is 5.91 Å². The monoisotopic (exact) mass is 351 g/mol. The number of benzene rings is 1. The molecule has 88 valence electrons. The van der Waals surface area contributed by atoms with Gasteiger partial charge < -0.3 is 5.32 Å². The predicted molar refractivity (Wildman–Crippen MR) is 70.3 cm³/mol. The van der Waals surface area contributed by atoms with Crippen LogP contribution in [0.4, 0.5) is 10.1 Å². The van der Waals surface area contributed by atoms with Crippen molar-refractivity contribution in [1.82, 2.24) is 0 Å². The summed E-state index contributed by atoms with van der Waals surface area (Å²) in [5, 5.41) is 2.54. The maximum Gasteiger partial charge on any atom is 0.238 e. The van der Waals surface area contributed by atoms with E-state index in [0.29, 0.717) is 4.47 Å². The molecule has 1 amide bonds. The topological polar surface area (TPSA) is 29.1 Å². The maximum atomic E-state index is 13.4. The Kier molecular flexibility index (Phi) is 4.92. The van der Waals surface area contributed by atoms with Crippen LogP contribution in [0.1, 0.15) is 13.8 Å². The summed E-state index contributed by atoms with van der Waals surface area (Å²) in [5.41, 5.74) is 0.193. The van der Waals surface area contributed by atoms with Crippen LogP contribution in [0, 0.1) is 11.7 Å². The lowest BCUT2D eigenvalue weighted by molar-refractivity contribution is -0.116. The van der Waals surface area contributed by atoms with E-state index >= 15 is 0 Å². The molecule has 0 radical (unpaired) electrons. The summed E-state index contributed by atoms with van der Waals surface area (Å²) in [7, 11) is 0. The van der Waals surface area contributed by atoms with Crippen LogP contribution in [0.25, 0.3) is 0 Å². The van der Waals surface area contributed by atoms with E-state index in [-0.39, 0.29) is 22.3 Å². The first-order chi connectivity index (χ1) is 7.41. The number of carbonyl (C=O) groups is 1. The molecule has 0 aliphatic carbocycles. The molecule has 0 aliphatic rings. The Hall–Kier alpha value is -0.420. The van der Waals surface area contributed by atoms with Gasteiger partial charge >= 0.3 is 0 Å². The van der Waals surface area contributed by atoms with Crippen molar-refractivity contribution >= 4 is 43.5 Å². The SMILES string of the molecule is CC(C)C(Br)C(=O)Nc1ccc(Br)cc1F. The first-order valence-corrected chi connectivity index (χ1v) is 6.52. The van der Waals surface area contributed by atoms with E-state index in [1.165, 1.54) is 12.1 Å². The standard InChI is InChI=1S/C11H12Br2FNO/c1-6(2)10(13)11(16)15-9-4-3-7(12)5-8(9)14/h3-6,10H,1-2H3,(H,15,16). The highest BCUT2D eigenvalue weighted by Crippen LogP contribution is 2.21. The van der Waals surface area contributed by atoms with E-state index in [0.717, 1.165) is 0 Å². The lowest BCUT2D eigenvalue weighted by atomic mass is 10.1. The van der Waals surface area contributed by atoms with Crippen molar-refractivity contribution in [1.29, 1.82) is 0 Å². The summed E-state index contributed by atoms with van der Waals surface area (Å²) in [4.78, 5) is 11.3. The molecule has 16 heavy (non-hydrogen) atoms. The van der Waals surface area contributed by atoms with Gasteiger partial charge in [0.15, 0.2) is 0 Å². The largest absolute Gasteiger partial charge is 0.323 e. The number of hydrogen-bond acceptors (Lipinski definition) is 1. The molecule has 0 aromatic heterocycles. The Morgan fingerprint density at radius 1 is 1.44 bits per heavy atom. The first kappa shape index (κ1) is 13.6. The summed E-state index contributed by atoms with van der Waals surface area (Å²) >= 11 is 6.41. The molecule has 0 heterocycles. The van der Waals surface area contributed by atoms with Gasteiger partial charge in [-0.15, -0.1) is 0 Å². The van der Waals surface area contributed by atoms with Gasteiger partial charge in [0.05, 0.1) is 10.5 Å². The Morgan fingerprint density at radius 2 is 2.06 bits per heavy atom. The van der Waals surface area contributed by atoms with Gasteiger partial charge in [-0.2, -0.15) is 0 Å². The quantitative estimate of drug-likeness (QED) is 0.820. The van der Waals surface area contributed by atoms with Crippen molar-refractivity contribution in [3.63, 3.8) is 0 Å². The van der Waals surface area contributed by atoms with Gasteiger partial charge in [-0.1, -0.05) is 45.7 Å². The minimum absolute atomic E-state index is 0.151. The average Bonchev–Trinajstić information content (AvgIpc) is 2.20. The molecule has 2 nitrogen and oxygen atoms in total. The van der Waals surface area contributed by atoms with E-state index < -0.39 is 5.82 Å². The van der Waals surface area contributed by atoms with E-state index in [1.54, 1.807) is 6.07 Å². The predicted octanol–water partition coefficient (Wildman–Crippen LogP) is 3.95. The fourth-order valence-corrected chi connectivity index (χ4v) is 1.54. The zero-order valence-corrected chi connectivity index (χ0v) is 12.1. The second-order valence-corrected chi connectivity index (χ2v) is 5.66. The average molecular weight is 353 g/mol. The van der Waals surface area contributed by atoms with Gasteiger partial charge in [-0.25, -0.2) is 4.39 Å². The second-order valence-electron chi connectivity index (χ2n) is 3.76. The summed E-state index contributed by atoms with van der Waals surface area (Å²) in [6.45, 7) is 3.83. The fourth-order valence-electron chi connectivity index (χ4n) is 1.10. The minimum atomic E-state index is -0.453. The number of halogens is 3. The lowest BCUT2D eigenvalue weighted by Gasteiger charge is -2.14. The molecule has 1 aromatic rings. The van der Waals surface area contributed by atoms with Crippen LogP contribution < -0.4 is 5.32 Å². The van der Waals surface area contributed by atoms with Crippen molar-refractivity contribution in [3.8, 4) is 0 Å². The molecule has 1 atom stereocenters. The third-order valence-corrected chi connectivity index (χ3v) is 3.99. The second kappa shape index (κ2) is 5.77. The normalized spacial score (nSPS) is 12.6. The summed E-state index contributed by atoms with van der Waals surface area (Å²) in [6, 6.07) is 4.52. The highest BCUT2D eigenvalue weighted by atomic mass is 79.9. The third-order valence-electron chi connectivity index (χ3n) is 2.02. The molecule has 0 spiro atoms. The molecular weight excluding hydrogens is 341 g/mol. The molecule has 0 saturated heterocycles. The highest BCUT2D eigenvalue weighted by molar-refractivity contribution is 9.10. The van der Waals surface area contributed by atoms with Crippen LogP contribution in [-0.2, 0) is 4.79 Å². The zero-order chi connectivity index (χ0) is 12.3. The lowest BCUT2D eigenvalue weighted by Crippen LogP contribution is -2.27. The molecule has 1 N–H and O–H groups in total. The molecule has 0 saturated carbocycles. The number of hydrogen-bond donors (Lipinski definition) is 1. The van der Waals surface area contributed by atoms with E-state index in [1.807, 2.05) is 13.8 Å². The van der Waals surface area contributed by atoms with Crippen molar-refractivity contribution in [2.45, 2.75) is 18.7 Å². The molecule has 1 unspecified atom stereocenters. The highest BCUT2D eigenvalue weighted by Gasteiger charge is 2.19. The van der Waals surface area contributed by atoms with Crippen LogP contribution in [0.3, 0.4) is 0 Å². The molecule has 0 bridgehead atoms. The van der Waals surface area contributed by atoms with Crippen molar-refractivity contribution in [3.05, 3.63) is 28.5 Å². The van der Waals surface area contributed by atoms with Crippen LogP contribution in [0.2, 0.25) is 0 Å². The number of alkyl halides is 1. The Bertz CT molecular complexity index is 396. The van der Waals surface area contributed by atoms with Crippen LogP contribution in [-0.4, -0.2) is 10.7 Å². The van der Waals surface area contributed by atoms with Crippen molar-refractivity contribution < 1.29 is 9.18 Å². The summed E-state index contributed by atoms with van der Waals surface area (Å²) < 4.78 is 14.1. The van der Waals surface area contributed by atoms with Crippen molar-refractivity contribution in [2.75, 3.05) is 5.32 Å². The minimum Gasteiger partial charge on any atom is -0.323 e. The number of anilines is 1. The van der Waals surface area contributed by atoms with Gasteiger partial charge in [0, 0.05) is 4.47 Å². The van der Waals surface area contributed by atoms with E-state index in [9.17, 15) is 9.18 Å². The maximum absolute atomic E-state index is 13.4. The van der Waals surface area contributed by atoms with Crippen LogP contribution in [0.15, 0.2) is 22.7 Å². The fraction of sp³-hybridized carbons (Fsp3) is 0.364. The number of carbonyl (C=O) groups excluding carboxylic acids is 1. The molecular formula is C11H12Br2FNO. The van der Waals surface area contributed by atoms with E-state index in [4.69, 9.17) is 0 Å². The van der Waals surface area contributed by atoms with E-state index in [2.05, 4.69) is 37.2 Å². The molecule has 1 rings (SSSR count). The summed E-state index contributed by atoms with van der Waals surface area (Å²) in [6.07, 6.45) is 0. The summed E-state index contributed by atoms with van der Waals surface area (Å²) in [5.74, 6) is -0.541. The van der Waals surface area contributed by atoms with Gasteiger partial charge in [-0.05, 0) is 24.1 Å². The van der Waals surface area contributed by atoms with Gasteiger partial charge in [0.25, 0.3) is 0 Å². The Morgan fingerprint density at radius 3 is 2.56 bits per heavy atom. The third kappa shape index (κ3) is 3.56. The number of amides is 1. The van der Waals surface area contributed by atoms with Gasteiger partial charge in [-0.3, -0.25) is 4.79 Å². The molecule has 0 aliphatic heterocycles. The number of nitrogens with one attached hydrogen (secondary N) is 1. The Labute approximate surface area is 111 Å². The molecule has 0 fully saturated rings. The van der Waals surface area contributed by atoms with Crippen LogP contribution >= 0.6 is 31.9 Å². The number of rotatable bonds is 3. The zero-order valence-electron chi connectivity index (χ0n) is 8.93. The first-order valence-electron chi connectivity index (χ1n) is 4.82. The van der Waals surface area contributed by atoms with Gasteiger partial charge in [0.1, 0.15) is 5.82 Å². The smallest absolute Gasteiger partial charge is 0.238 e. The molecule has 1 aromatic carbocycles. The van der Waals surface area contributed by atoms with Crippen molar-refractivity contribution in [2.24, 2.45) is 5.92 Å². The van der Waals surface area contributed by atoms with Crippen LogP contribution in [0.5, 0.6) is 0 Å². The Balaban J connectivity index is 2.77.